The lowest BCUT2D eigenvalue weighted by Crippen LogP contribution is -2.26. The van der Waals surface area contributed by atoms with Crippen LogP contribution in [-0.4, -0.2) is 6.54 Å². The van der Waals surface area contributed by atoms with Crippen molar-refractivity contribution in [3.63, 3.8) is 0 Å². The van der Waals surface area contributed by atoms with E-state index in [0.29, 0.717) is 6.04 Å². The summed E-state index contributed by atoms with van der Waals surface area (Å²) in [7, 11) is 0. The van der Waals surface area contributed by atoms with Crippen LogP contribution in [0.15, 0.2) is 24.3 Å². The SMILES string of the molecule is Cc1ccc(C2CCCCN2)cc1. The van der Waals surface area contributed by atoms with Gasteiger partial charge in [0, 0.05) is 6.04 Å². The van der Waals surface area contributed by atoms with Crippen molar-refractivity contribution in [2.24, 2.45) is 0 Å². The highest BCUT2D eigenvalue weighted by atomic mass is 14.9. The molecule has 0 saturated carbocycles. The summed E-state index contributed by atoms with van der Waals surface area (Å²) < 4.78 is 0. The molecule has 1 aromatic rings. The predicted molar refractivity (Wildman–Crippen MR) is 55.8 cm³/mol. The summed E-state index contributed by atoms with van der Waals surface area (Å²) in [5.74, 6) is 0. The van der Waals surface area contributed by atoms with Crippen molar-refractivity contribution in [2.45, 2.75) is 32.2 Å². The van der Waals surface area contributed by atoms with Crippen LogP contribution in [0.4, 0.5) is 0 Å². The Labute approximate surface area is 80.2 Å². The van der Waals surface area contributed by atoms with Crippen molar-refractivity contribution in [1.29, 1.82) is 0 Å². The van der Waals surface area contributed by atoms with E-state index < -0.39 is 0 Å². The molecule has 1 aromatic carbocycles. The third-order valence-electron chi connectivity index (χ3n) is 2.79. The summed E-state index contributed by atoms with van der Waals surface area (Å²) >= 11 is 0. The number of benzene rings is 1. The van der Waals surface area contributed by atoms with Crippen LogP contribution in [0.2, 0.25) is 0 Å². The Kier molecular flexibility index (Phi) is 2.65. The second kappa shape index (κ2) is 3.93. The molecule has 1 heterocycles. The zero-order valence-corrected chi connectivity index (χ0v) is 8.22. The highest BCUT2D eigenvalue weighted by Gasteiger charge is 2.13. The first kappa shape index (κ1) is 8.76. The molecule has 0 bridgehead atoms. The van der Waals surface area contributed by atoms with E-state index in [0.717, 1.165) is 0 Å². The molecule has 2 rings (SSSR count). The molecule has 0 spiro atoms. The van der Waals surface area contributed by atoms with Crippen molar-refractivity contribution in [2.75, 3.05) is 6.54 Å². The van der Waals surface area contributed by atoms with Crippen molar-refractivity contribution in [1.82, 2.24) is 5.32 Å². The van der Waals surface area contributed by atoms with Gasteiger partial charge in [-0.05, 0) is 31.9 Å². The van der Waals surface area contributed by atoms with Crippen LogP contribution in [0.3, 0.4) is 0 Å². The molecule has 1 unspecified atom stereocenters. The molecule has 1 aliphatic heterocycles. The van der Waals surface area contributed by atoms with E-state index in [9.17, 15) is 0 Å². The van der Waals surface area contributed by atoms with Crippen molar-refractivity contribution in [3.8, 4) is 0 Å². The highest BCUT2D eigenvalue weighted by Crippen LogP contribution is 2.22. The Bertz CT molecular complexity index is 257. The Morgan fingerprint density at radius 2 is 1.92 bits per heavy atom. The van der Waals surface area contributed by atoms with Gasteiger partial charge in [-0.2, -0.15) is 0 Å². The fourth-order valence-electron chi connectivity index (χ4n) is 1.94. The minimum absolute atomic E-state index is 0.606. The quantitative estimate of drug-likeness (QED) is 0.692. The van der Waals surface area contributed by atoms with Crippen LogP contribution in [0.1, 0.15) is 36.4 Å². The van der Waals surface area contributed by atoms with Gasteiger partial charge in [0.15, 0.2) is 0 Å². The van der Waals surface area contributed by atoms with Crippen LogP contribution in [0, 0.1) is 6.92 Å². The van der Waals surface area contributed by atoms with Gasteiger partial charge >= 0.3 is 0 Å². The zero-order chi connectivity index (χ0) is 9.10. The van der Waals surface area contributed by atoms with Crippen molar-refractivity contribution >= 4 is 0 Å². The molecule has 1 heteroatoms. The van der Waals surface area contributed by atoms with E-state index in [4.69, 9.17) is 0 Å². The van der Waals surface area contributed by atoms with Crippen molar-refractivity contribution < 1.29 is 0 Å². The second-order valence-corrected chi connectivity index (χ2v) is 3.91. The third-order valence-corrected chi connectivity index (χ3v) is 2.79. The predicted octanol–water partition coefficient (Wildman–Crippen LogP) is 2.81. The smallest absolute Gasteiger partial charge is 0.0320 e. The lowest BCUT2D eigenvalue weighted by Gasteiger charge is -2.23. The summed E-state index contributed by atoms with van der Waals surface area (Å²) in [6.07, 6.45) is 4.00. The number of hydrogen-bond donors (Lipinski definition) is 1. The van der Waals surface area contributed by atoms with E-state index >= 15 is 0 Å². The van der Waals surface area contributed by atoms with Crippen LogP contribution < -0.4 is 5.32 Å². The maximum Gasteiger partial charge on any atom is 0.0320 e. The van der Waals surface area contributed by atoms with Crippen molar-refractivity contribution in [3.05, 3.63) is 35.4 Å². The summed E-state index contributed by atoms with van der Waals surface area (Å²) in [5, 5.41) is 3.55. The van der Waals surface area contributed by atoms with Gasteiger partial charge < -0.3 is 5.32 Å². The first-order valence-electron chi connectivity index (χ1n) is 5.16. The lowest BCUT2D eigenvalue weighted by molar-refractivity contribution is 0.412. The van der Waals surface area contributed by atoms with E-state index in [1.165, 1.54) is 36.9 Å². The molecule has 0 radical (unpaired) electrons. The van der Waals surface area contributed by atoms with Gasteiger partial charge in [0.1, 0.15) is 0 Å². The summed E-state index contributed by atoms with van der Waals surface area (Å²) in [6, 6.07) is 9.50. The average molecular weight is 175 g/mol. The Morgan fingerprint density at radius 3 is 2.54 bits per heavy atom. The first-order chi connectivity index (χ1) is 6.36. The average Bonchev–Trinajstić information content (AvgIpc) is 2.20. The fourth-order valence-corrected chi connectivity index (χ4v) is 1.94. The highest BCUT2D eigenvalue weighted by molar-refractivity contribution is 5.24. The number of nitrogens with one attached hydrogen (secondary N) is 1. The standard InChI is InChI=1S/C12H17N/c1-10-5-7-11(8-6-10)12-4-2-3-9-13-12/h5-8,12-13H,2-4,9H2,1H3. The van der Waals surface area contributed by atoms with E-state index in [-0.39, 0.29) is 0 Å². The minimum atomic E-state index is 0.606. The molecular weight excluding hydrogens is 158 g/mol. The molecule has 1 saturated heterocycles. The third kappa shape index (κ3) is 2.10. The normalized spacial score (nSPS) is 23.0. The molecule has 1 atom stereocenters. The van der Waals surface area contributed by atoms with Gasteiger partial charge in [-0.3, -0.25) is 0 Å². The summed E-state index contributed by atoms with van der Waals surface area (Å²) in [6.45, 7) is 3.32. The molecular formula is C12H17N. The topological polar surface area (TPSA) is 12.0 Å². The monoisotopic (exact) mass is 175 g/mol. The van der Waals surface area contributed by atoms with E-state index in [2.05, 4.69) is 36.5 Å². The lowest BCUT2D eigenvalue weighted by atomic mass is 9.97. The molecule has 13 heavy (non-hydrogen) atoms. The van der Waals surface area contributed by atoms with E-state index in [1.807, 2.05) is 0 Å². The van der Waals surface area contributed by atoms with Gasteiger partial charge in [0.25, 0.3) is 0 Å². The zero-order valence-electron chi connectivity index (χ0n) is 8.22. The number of piperidine rings is 1. The summed E-state index contributed by atoms with van der Waals surface area (Å²) in [4.78, 5) is 0. The molecule has 0 amide bonds. The number of hydrogen-bond acceptors (Lipinski definition) is 1. The van der Waals surface area contributed by atoms with Crippen LogP contribution in [-0.2, 0) is 0 Å². The maximum atomic E-state index is 3.55. The second-order valence-electron chi connectivity index (χ2n) is 3.91. The van der Waals surface area contributed by atoms with Crippen LogP contribution >= 0.6 is 0 Å². The largest absolute Gasteiger partial charge is 0.310 e. The summed E-state index contributed by atoms with van der Waals surface area (Å²) in [5.41, 5.74) is 2.80. The molecule has 1 nitrogen and oxygen atoms in total. The van der Waals surface area contributed by atoms with Crippen LogP contribution in [0.5, 0.6) is 0 Å². The maximum absolute atomic E-state index is 3.55. The Morgan fingerprint density at radius 1 is 1.15 bits per heavy atom. The van der Waals surface area contributed by atoms with Gasteiger partial charge in [-0.1, -0.05) is 36.2 Å². The van der Waals surface area contributed by atoms with Gasteiger partial charge in [-0.15, -0.1) is 0 Å². The van der Waals surface area contributed by atoms with E-state index in [1.54, 1.807) is 0 Å². The Hall–Kier alpha value is -0.820. The molecule has 1 aliphatic rings. The fraction of sp³-hybridized carbons (Fsp3) is 0.500. The van der Waals surface area contributed by atoms with Gasteiger partial charge in [0.05, 0.1) is 0 Å². The minimum Gasteiger partial charge on any atom is -0.310 e. The number of aryl methyl sites for hydroxylation is 1. The molecule has 1 fully saturated rings. The van der Waals surface area contributed by atoms with Gasteiger partial charge in [-0.25, -0.2) is 0 Å². The molecule has 0 aliphatic carbocycles. The number of rotatable bonds is 1. The molecule has 0 aromatic heterocycles. The molecule has 1 N–H and O–H groups in total. The van der Waals surface area contributed by atoms with Crippen LogP contribution in [0.25, 0.3) is 0 Å². The first-order valence-corrected chi connectivity index (χ1v) is 5.16. The molecule has 70 valence electrons. The van der Waals surface area contributed by atoms with Gasteiger partial charge in [0.2, 0.25) is 0 Å². The Balaban J connectivity index is 2.10.